The highest BCUT2D eigenvalue weighted by molar-refractivity contribution is 6.35. The molecule has 0 aliphatic carbocycles. The molecule has 1 aromatic carbocycles. The van der Waals surface area contributed by atoms with E-state index in [-0.39, 0.29) is 0 Å². The zero-order valence-corrected chi connectivity index (χ0v) is 15.7. The van der Waals surface area contributed by atoms with Crippen LogP contribution in [0.3, 0.4) is 0 Å². The van der Waals surface area contributed by atoms with Crippen LogP contribution in [0.1, 0.15) is 11.1 Å². The Kier molecular flexibility index (Phi) is 6.09. The van der Waals surface area contributed by atoms with Crippen LogP contribution in [0, 0.1) is 0 Å². The summed E-state index contributed by atoms with van der Waals surface area (Å²) in [5.74, 6) is 1.44. The van der Waals surface area contributed by atoms with Crippen molar-refractivity contribution in [2.45, 2.75) is 13.1 Å². The summed E-state index contributed by atoms with van der Waals surface area (Å²) < 4.78 is 1.72. The van der Waals surface area contributed by atoms with E-state index in [1.807, 2.05) is 36.5 Å². The molecule has 3 aromatic rings. The molecule has 0 aliphatic rings. The molecule has 0 aliphatic heterocycles. The van der Waals surface area contributed by atoms with Crippen LogP contribution < -0.4 is 10.6 Å². The number of hydrogen-bond acceptors (Lipinski definition) is 3. The van der Waals surface area contributed by atoms with Crippen molar-refractivity contribution >= 4 is 29.2 Å². The van der Waals surface area contributed by atoms with Crippen molar-refractivity contribution in [1.82, 2.24) is 25.4 Å². The number of rotatable bonds is 5. The first kappa shape index (κ1) is 18.2. The van der Waals surface area contributed by atoms with E-state index in [1.165, 1.54) is 0 Å². The fraction of sp³-hybridized carbons (Fsp3) is 0.167. The molecule has 0 saturated heterocycles. The molecule has 0 saturated carbocycles. The third-order valence-electron chi connectivity index (χ3n) is 3.69. The molecule has 2 N–H and O–H groups in total. The zero-order valence-electron chi connectivity index (χ0n) is 14.2. The van der Waals surface area contributed by atoms with Gasteiger partial charge in [0.25, 0.3) is 0 Å². The molecule has 0 bridgehead atoms. The minimum atomic E-state index is 0.546. The summed E-state index contributed by atoms with van der Waals surface area (Å²) in [6, 6.07) is 11.2. The molecule has 2 aromatic heterocycles. The fourth-order valence-corrected chi connectivity index (χ4v) is 2.83. The molecule has 8 heteroatoms. The largest absolute Gasteiger partial charge is 0.352 e. The first-order chi connectivity index (χ1) is 12.7. The van der Waals surface area contributed by atoms with Gasteiger partial charge in [0.2, 0.25) is 0 Å². The Bertz CT molecular complexity index is 892. The van der Waals surface area contributed by atoms with Crippen molar-refractivity contribution in [2.75, 3.05) is 7.05 Å². The molecule has 0 unspecified atom stereocenters. The average Bonchev–Trinajstić information content (AvgIpc) is 3.18. The van der Waals surface area contributed by atoms with Gasteiger partial charge in [-0.25, -0.2) is 9.67 Å². The lowest BCUT2D eigenvalue weighted by Crippen LogP contribution is -2.36. The highest BCUT2D eigenvalue weighted by Gasteiger charge is 2.04. The number of nitrogens with zero attached hydrogens (tertiary/aromatic N) is 4. The van der Waals surface area contributed by atoms with Crippen LogP contribution in [0.25, 0.3) is 5.82 Å². The average molecular weight is 389 g/mol. The Morgan fingerprint density at radius 1 is 1.12 bits per heavy atom. The summed E-state index contributed by atoms with van der Waals surface area (Å²) >= 11 is 12.1. The second-order valence-electron chi connectivity index (χ2n) is 5.49. The van der Waals surface area contributed by atoms with Gasteiger partial charge in [0.15, 0.2) is 11.8 Å². The molecular weight excluding hydrogens is 371 g/mol. The summed E-state index contributed by atoms with van der Waals surface area (Å²) in [4.78, 5) is 8.55. The van der Waals surface area contributed by atoms with Crippen LogP contribution in [-0.4, -0.2) is 27.8 Å². The van der Waals surface area contributed by atoms with E-state index in [0.29, 0.717) is 29.1 Å². The van der Waals surface area contributed by atoms with Crippen molar-refractivity contribution in [2.24, 2.45) is 4.99 Å². The number of aromatic nitrogens is 3. The maximum absolute atomic E-state index is 6.20. The van der Waals surface area contributed by atoms with Crippen molar-refractivity contribution in [1.29, 1.82) is 0 Å². The van der Waals surface area contributed by atoms with Gasteiger partial charge in [0, 0.05) is 48.8 Å². The lowest BCUT2D eigenvalue weighted by Gasteiger charge is -2.13. The predicted molar refractivity (Wildman–Crippen MR) is 105 cm³/mol. The van der Waals surface area contributed by atoms with E-state index in [0.717, 1.165) is 16.9 Å². The third-order valence-corrected chi connectivity index (χ3v) is 4.28. The van der Waals surface area contributed by atoms with E-state index in [1.54, 1.807) is 30.2 Å². The highest BCUT2D eigenvalue weighted by atomic mass is 35.5. The quantitative estimate of drug-likeness (QED) is 0.518. The van der Waals surface area contributed by atoms with Crippen LogP contribution in [0.2, 0.25) is 10.0 Å². The van der Waals surface area contributed by atoms with Gasteiger partial charge in [-0.2, -0.15) is 5.10 Å². The minimum Gasteiger partial charge on any atom is -0.352 e. The minimum absolute atomic E-state index is 0.546. The normalized spacial score (nSPS) is 11.4. The van der Waals surface area contributed by atoms with E-state index in [2.05, 4.69) is 25.7 Å². The second-order valence-corrected chi connectivity index (χ2v) is 6.33. The van der Waals surface area contributed by atoms with Crippen molar-refractivity contribution in [3.8, 4) is 5.82 Å². The number of nitrogens with one attached hydrogen (secondary N) is 2. The maximum Gasteiger partial charge on any atom is 0.191 e. The number of hydrogen-bond donors (Lipinski definition) is 2. The van der Waals surface area contributed by atoms with E-state index in [9.17, 15) is 0 Å². The summed E-state index contributed by atoms with van der Waals surface area (Å²) in [6.45, 7) is 1.15. The molecule has 0 fully saturated rings. The van der Waals surface area contributed by atoms with E-state index >= 15 is 0 Å². The van der Waals surface area contributed by atoms with E-state index < -0.39 is 0 Å². The number of guanidine groups is 1. The number of benzene rings is 1. The Morgan fingerprint density at radius 2 is 1.96 bits per heavy atom. The number of pyridine rings is 1. The third kappa shape index (κ3) is 4.74. The van der Waals surface area contributed by atoms with Gasteiger partial charge in [0.1, 0.15) is 0 Å². The molecule has 134 valence electrons. The fourth-order valence-electron chi connectivity index (χ4n) is 2.35. The van der Waals surface area contributed by atoms with Crippen LogP contribution in [0.15, 0.2) is 60.0 Å². The maximum atomic E-state index is 6.20. The van der Waals surface area contributed by atoms with Crippen molar-refractivity contribution < 1.29 is 0 Å². The Labute approximate surface area is 161 Å². The molecule has 3 rings (SSSR count). The van der Waals surface area contributed by atoms with Crippen LogP contribution >= 0.6 is 23.2 Å². The van der Waals surface area contributed by atoms with Gasteiger partial charge < -0.3 is 10.6 Å². The molecule has 0 atom stereocenters. The summed E-state index contributed by atoms with van der Waals surface area (Å²) in [5.41, 5.74) is 2.02. The lowest BCUT2D eigenvalue weighted by molar-refractivity contribution is 0.800. The lowest BCUT2D eigenvalue weighted by atomic mass is 10.2. The molecule has 26 heavy (non-hydrogen) atoms. The van der Waals surface area contributed by atoms with Gasteiger partial charge in [0.05, 0.1) is 0 Å². The Balaban J connectivity index is 1.58. The van der Waals surface area contributed by atoms with Crippen LogP contribution in [0.5, 0.6) is 0 Å². The standard InChI is InChI=1S/C18H18Cl2N6/c1-21-18(24-12-14-3-4-15(19)10-16(14)20)23-11-13-5-7-22-17(9-13)26-8-2-6-25-26/h2-10H,11-12H2,1H3,(H2,21,23,24). The Hall–Kier alpha value is -2.57. The van der Waals surface area contributed by atoms with Gasteiger partial charge in [-0.05, 0) is 41.5 Å². The summed E-state index contributed by atoms with van der Waals surface area (Å²) in [6.07, 6.45) is 5.34. The van der Waals surface area contributed by atoms with Gasteiger partial charge >= 0.3 is 0 Å². The SMILES string of the molecule is CN=C(NCc1ccnc(-n2cccn2)c1)NCc1ccc(Cl)cc1Cl. The van der Waals surface area contributed by atoms with Gasteiger partial charge in [-0.1, -0.05) is 29.3 Å². The molecule has 0 radical (unpaired) electrons. The van der Waals surface area contributed by atoms with E-state index in [4.69, 9.17) is 23.2 Å². The topological polar surface area (TPSA) is 67.1 Å². The van der Waals surface area contributed by atoms with Crippen LogP contribution in [-0.2, 0) is 13.1 Å². The zero-order chi connectivity index (χ0) is 18.4. The first-order valence-electron chi connectivity index (χ1n) is 7.99. The smallest absolute Gasteiger partial charge is 0.191 e. The molecule has 0 amide bonds. The first-order valence-corrected chi connectivity index (χ1v) is 8.74. The number of halogens is 2. The Morgan fingerprint density at radius 3 is 2.69 bits per heavy atom. The van der Waals surface area contributed by atoms with Gasteiger partial charge in [-0.15, -0.1) is 0 Å². The summed E-state index contributed by atoms with van der Waals surface area (Å²) in [5, 5.41) is 11.9. The monoisotopic (exact) mass is 388 g/mol. The molecule has 2 heterocycles. The van der Waals surface area contributed by atoms with Crippen LogP contribution in [0.4, 0.5) is 0 Å². The molecule has 0 spiro atoms. The van der Waals surface area contributed by atoms with Crippen molar-refractivity contribution in [3.05, 3.63) is 76.2 Å². The van der Waals surface area contributed by atoms with Crippen molar-refractivity contribution in [3.63, 3.8) is 0 Å². The molecule has 6 nitrogen and oxygen atoms in total. The second kappa shape index (κ2) is 8.69. The summed E-state index contributed by atoms with van der Waals surface area (Å²) in [7, 11) is 1.72. The molecular formula is C18H18Cl2N6. The number of aliphatic imine (C=N–C) groups is 1. The predicted octanol–water partition coefficient (Wildman–Crippen LogP) is 3.44. The highest BCUT2D eigenvalue weighted by Crippen LogP contribution is 2.20. The van der Waals surface area contributed by atoms with Gasteiger partial charge in [-0.3, -0.25) is 4.99 Å².